The Morgan fingerprint density at radius 3 is 2.69 bits per heavy atom. The van der Waals surface area contributed by atoms with Crippen molar-refractivity contribution in [3.8, 4) is 0 Å². The predicted molar refractivity (Wildman–Crippen MR) is 58.7 cm³/mol. The minimum atomic E-state index is 0.491. The second kappa shape index (κ2) is 4.49. The number of rotatable bonds is 3. The molecule has 0 radical (unpaired) electrons. The van der Waals surface area contributed by atoms with Crippen molar-refractivity contribution in [2.45, 2.75) is 4.90 Å². The summed E-state index contributed by atoms with van der Waals surface area (Å²) in [5.41, 5.74) is 1.49. The summed E-state index contributed by atoms with van der Waals surface area (Å²) in [6.07, 6.45) is 4.40. The number of hydrogen-bond donors (Lipinski definition) is 0. The monoisotopic (exact) mass is 212 g/mol. The molecule has 1 aromatic rings. The molecule has 0 aliphatic carbocycles. The molecule has 3 heteroatoms. The fourth-order valence-corrected chi connectivity index (χ4v) is 2.11. The van der Waals surface area contributed by atoms with Crippen LogP contribution in [0.3, 0.4) is 0 Å². The second-order valence-electron chi connectivity index (χ2n) is 2.41. The number of thioether (sulfide) groups is 1. The van der Waals surface area contributed by atoms with Gasteiger partial charge in [-0.3, -0.25) is 4.79 Å². The van der Waals surface area contributed by atoms with Crippen molar-refractivity contribution in [2.75, 3.05) is 6.26 Å². The molecule has 0 heterocycles. The molecule has 13 heavy (non-hydrogen) atoms. The van der Waals surface area contributed by atoms with Gasteiger partial charge in [0.25, 0.3) is 0 Å². The van der Waals surface area contributed by atoms with Crippen molar-refractivity contribution in [1.82, 2.24) is 0 Å². The molecule has 0 amide bonds. The summed E-state index contributed by atoms with van der Waals surface area (Å²) in [6, 6.07) is 3.57. The van der Waals surface area contributed by atoms with E-state index in [9.17, 15) is 4.79 Å². The van der Waals surface area contributed by atoms with Gasteiger partial charge >= 0.3 is 0 Å². The smallest absolute Gasteiger partial charge is 0.152 e. The molecular formula is C10H9ClOS. The zero-order valence-corrected chi connectivity index (χ0v) is 8.78. The lowest BCUT2D eigenvalue weighted by Gasteiger charge is -2.06. The van der Waals surface area contributed by atoms with E-state index in [1.54, 1.807) is 12.1 Å². The zero-order chi connectivity index (χ0) is 9.84. The molecule has 68 valence electrons. The van der Waals surface area contributed by atoms with Crippen molar-refractivity contribution in [1.29, 1.82) is 0 Å². The Hall–Kier alpha value is -0.730. The molecule has 0 saturated heterocycles. The van der Waals surface area contributed by atoms with Crippen LogP contribution in [0.2, 0.25) is 5.02 Å². The topological polar surface area (TPSA) is 17.1 Å². The van der Waals surface area contributed by atoms with Gasteiger partial charge in [-0.1, -0.05) is 30.3 Å². The number of carbonyl (C=O) groups is 1. The van der Waals surface area contributed by atoms with Gasteiger partial charge in [-0.2, -0.15) is 0 Å². The van der Waals surface area contributed by atoms with Crippen molar-refractivity contribution in [2.24, 2.45) is 0 Å². The maximum atomic E-state index is 10.7. The number of aldehydes is 1. The maximum absolute atomic E-state index is 10.7. The van der Waals surface area contributed by atoms with Crippen LogP contribution in [-0.4, -0.2) is 12.5 Å². The molecule has 0 spiro atoms. The normalized spacial score (nSPS) is 9.69. The summed E-state index contributed by atoms with van der Waals surface area (Å²) >= 11 is 7.36. The molecule has 0 N–H and O–H groups in total. The molecule has 0 unspecified atom stereocenters. The summed E-state index contributed by atoms with van der Waals surface area (Å²) in [7, 11) is 0. The van der Waals surface area contributed by atoms with Gasteiger partial charge in [-0.25, -0.2) is 0 Å². The minimum absolute atomic E-state index is 0.491. The Kier molecular flexibility index (Phi) is 3.58. The summed E-state index contributed by atoms with van der Waals surface area (Å²) in [5.74, 6) is 0. The quantitative estimate of drug-likeness (QED) is 0.564. The van der Waals surface area contributed by atoms with Crippen LogP contribution in [0.1, 0.15) is 15.9 Å². The molecule has 1 aromatic carbocycles. The fourth-order valence-electron chi connectivity index (χ4n) is 1.09. The first kappa shape index (κ1) is 10.4. The van der Waals surface area contributed by atoms with Gasteiger partial charge < -0.3 is 0 Å². The largest absolute Gasteiger partial charge is 0.298 e. The van der Waals surface area contributed by atoms with Gasteiger partial charge in [0.05, 0.1) is 5.02 Å². The Labute approximate surface area is 86.8 Å². The van der Waals surface area contributed by atoms with Crippen LogP contribution in [0.5, 0.6) is 0 Å². The lowest BCUT2D eigenvalue weighted by atomic mass is 10.1. The first-order valence-electron chi connectivity index (χ1n) is 3.68. The van der Waals surface area contributed by atoms with Gasteiger partial charge in [0.1, 0.15) is 0 Å². The molecular weight excluding hydrogens is 204 g/mol. The van der Waals surface area contributed by atoms with Crippen molar-refractivity contribution in [3.05, 3.63) is 34.9 Å². The van der Waals surface area contributed by atoms with Crippen molar-refractivity contribution >= 4 is 35.7 Å². The third-order valence-corrected chi connectivity index (χ3v) is 2.91. The van der Waals surface area contributed by atoms with Crippen LogP contribution in [-0.2, 0) is 0 Å². The van der Waals surface area contributed by atoms with E-state index in [2.05, 4.69) is 6.58 Å². The third-order valence-electron chi connectivity index (χ3n) is 1.72. The molecule has 1 nitrogen and oxygen atoms in total. The summed E-state index contributed by atoms with van der Waals surface area (Å²) < 4.78 is 0. The van der Waals surface area contributed by atoms with Gasteiger partial charge in [-0.15, -0.1) is 11.8 Å². The van der Waals surface area contributed by atoms with Crippen LogP contribution in [0, 0.1) is 0 Å². The highest BCUT2D eigenvalue weighted by Gasteiger charge is 2.08. The number of benzene rings is 1. The average molecular weight is 213 g/mol. The first-order valence-corrected chi connectivity index (χ1v) is 5.29. The molecule has 0 aliphatic heterocycles. The molecule has 0 saturated carbocycles. The number of hydrogen-bond acceptors (Lipinski definition) is 2. The standard InChI is InChI=1S/C10H9ClOS/c1-3-7-4-5-9(11)8(6-12)10(7)13-2/h3-6H,1H2,2H3. The number of carbonyl (C=O) groups excluding carboxylic acids is 1. The molecule has 0 aliphatic rings. The van der Waals surface area contributed by atoms with Crippen LogP contribution in [0.4, 0.5) is 0 Å². The van der Waals surface area contributed by atoms with Crippen molar-refractivity contribution in [3.63, 3.8) is 0 Å². The lowest BCUT2D eigenvalue weighted by molar-refractivity contribution is 0.112. The highest BCUT2D eigenvalue weighted by Crippen LogP contribution is 2.29. The van der Waals surface area contributed by atoms with Gasteiger partial charge in [0.2, 0.25) is 0 Å². The van der Waals surface area contributed by atoms with Crippen LogP contribution in [0.25, 0.3) is 6.08 Å². The minimum Gasteiger partial charge on any atom is -0.298 e. The van der Waals surface area contributed by atoms with Crippen LogP contribution >= 0.6 is 23.4 Å². The Morgan fingerprint density at radius 2 is 2.23 bits per heavy atom. The highest BCUT2D eigenvalue weighted by atomic mass is 35.5. The van der Waals surface area contributed by atoms with E-state index in [1.165, 1.54) is 11.8 Å². The summed E-state index contributed by atoms with van der Waals surface area (Å²) in [4.78, 5) is 11.6. The molecule has 0 atom stereocenters. The van der Waals surface area contributed by atoms with Gasteiger partial charge in [0, 0.05) is 10.5 Å². The Bertz CT molecular complexity index is 347. The molecule has 1 rings (SSSR count). The average Bonchev–Trinajstić information content (AvgIpc) is 2.17. The number of halogens is 1. The van der Waals surface area contributed by atoms with E-state index in [0.717, 1.165) is 16.7 Å². The molecule has 0 fully saturated rings. The van der Waals surface area contributed by atoms with E-state index in [4.69, 9.17) is 11.6 Å². The van der Waals surface area contributed by atoms with Crippen LogP contribution < -0.4 is 0 Å². The lowest BCUT2D eigenvalue weighted by Crippen LogP contribution is -1.89. The Balaban J connectivity index is 3.44. The maximum Gasteiger partial charge on any atom is 0.152 e. The summed E-state index contributed by atoms with van der Waals surface area (Å²) in [6.45, 7) is 3.67. The third kappa shape index (κ3) is 1.95. The SMILES string of the molecule is C=Cc1ccc(Cl)c(C=O)c1SC. The van der Waals surface area contributed by atoms with E-state index in [-0.39, 0.29) is 0 Å². The van der Waals surface area contributed by atoms with E-state index < -0.39 is 0 Å². The zero-order valence-electron chi connectivity index (χ0n) is 7.21. The van der Waals surface area contributed by atoms with E-state index in [1.807, 2.05) is 12.3 Å². The molecule has 0 bridgehead atoms. The fraction of sp³-hybridized carbons (Fsp3) is 0.100. The first-order chi connectivity index (χ1) is 6.24. The van der Waals surface area contributed by atoms with Crippen LogP contribution in [0.15, 0.2) is 23.6 Å². The van der Waals surface area contributed by atoms with Crippen molar-refractivity contribution < 1.29 is 4.79 Å². The predicted octanol–water partition coefficient (Wildman–Crippen LogP) is 3.52. The highest BCUT2D eigenvalue weighted by molar-refractivity contribution is 7.98. The second-order valence-corrected chi connectivity index (χ2v) is 3.63. The Morgan fingerprint density at radius 1 is 1.54 bits per heavy atom. The molecule has 0 aromatic heterocycles. The van der Waals surface area contributed by atoms with Gasteiger partial charge in [-0.05, 0) is 17.9 Å². The van der Waals surface area contributed by atoms with Gasteiger partial charge in [0.15, 0.2) is 6.29 Å². The van der Waals surface area contributed by atoms with E-state index in [0.29, 0.717) is 10.6 Å². The summed E-state index contributed by atoms with van der Waals surface area (Å²) in [5, 5.41) is 0.491. The van der Waals surface area contributed by atoms with E-state index >= 15 is 0 Å².